The maximum absolute atomic E-state index is 12.0. The second-order valence-corrected chi connectivity index (χ2v) is 8.79. The van der Waals surface area contributed by atoms with Crippen LogP contribution in [0.2, 0.25) is 5.02 Å². The van der Waals surface area contributed by atoms with Gasteiger partial charge < -0.3 is 9.73 Å². The Morgan fingerprint density at radius 3 is 2.58 bits per heavy atom. The third kappa shape index (κ3) is 4.18. The van der Waals surface area contributed by atoms with Gasteiger partial charge in [-0.1, -0.05) is 48.0 Å². The monoisotopic (exact) mass is 432 g/mol. The van der Waals surface area contributed by atoms with Gasteiger partial charge in [-0.2, -0.15) is 0 Å². The van der Waals surface area contributed by atoms with Crippen LogP contribution >= 0.6 is 11.6 Å². The molecule has 158 valence electrons. The Morgan fingerprint density at radius 2 is 1.77 bits per heavy atom. The van der Waals surface area contributed by atoms with E-state index in [1.807, 2.05) is 6.07 Å². The van der Waals surface area contributed by atoms with Crippen LogP contribution < -0.4 is 10.9 Å². The zero-order valence-electron chi connectivity index (χ0n) is 17.5. The summed E-state index contributed by atoms with van der Waals surface area (Å²) in [5, 5.41) is 7.61. The Morgan fingerprint density at radius 1 is 1.00 bits per heavy atom. The van der Waals surface area contributed by atoms with E-state index in [2.05, 4.69) is 59.6 Å². The standard InChI is InChI=1S/C26H25ClN2O2/c1-17(19-7-6-18-4-2-3-5-20(18)14-19)29-12-10-22(11-13-29)28-24-16-26(30)31-25-9-8-21(27)15-23(24)25/h2-9,14-17,22,28H,10-13H2,1H3/t17-/m1/s1. The number of fused-ring (bicyclic) bond motifs is 2. The van der Waals surface area contributed by atoms with Crippen molar-refractivity contribution in [2.75, 3.05) is 18.4 Å². The van der Waals surface area contributed by atoms with E-state index in [9.17, 15) is 4.79 Å². The van der Waals surface area contributed by atoms with Gasteiger partial charge in [0.15, 0.2) is 0 Å². The number of benzene rings is 3. The number of rotatable bonds is 4. The molecule has 1 aliphatic rings. The highest BCUT2D eigenvalue weighted by molar-refractivity contribution is 6.31. The maximum atomic E-state index is 12.0. The van der Waals surface area contributed by atoms with Crippen molar-refractivity contribution in [1.29, 1.82) is 0 Å². The molecule has 2 heterocycles. The van der Waals surface area contributed by atoms with Crippen molar-refractivity contribution in [3.8, 4) is 0 Å². The fourth-order valence-corrected chi connectivity index (χ4v) is 4.76. The lowest BCUT2D eigenvalue weighted by Crippen LogP contribution is -2.40. The molecule has 4 aromatic rings. The molecule has 0 radical (unpaired) electrons. The van der Waals surface area contributed by atoms with Gasteiger partial charge in [0.05, 0.1) is 5.69 Å². The minimum atomic E-state index is -0.348. The number of halogens is 1. The molecule has 5 rings (SSSR count). The second kappa shape index (κ2) is 8.37. The zero-order chi connectivity index (χ0) is 21.4. The largest absolute Gasteiger partial charge is 0.423 e. The van der Waals surface area contributed by atoms with E-state index >= 15 is 0 Å². The van der Waals surface area contributed by atoms with Crippen LogP contribution in [0.3, 0.4) is 0 Å². The van der Waals surface area contributed by atoms with Gasteiger partial charge in [0.1, 0.15) is 5.58 Å². The van der Waals surface area contributed by atoms with E-state index in [0.717, 1.165) is 37.0 Å². The van der Waals surface area contributed by atoms with Gasteiger partial charge in [0.25, 0.3) is 0 Å². The summed E-state index contributed by atoms with van der Waals surface area (Å²) in [6.07, 6.45) is 2.03. The van der Waals surface area contributed by atoms with Crippen molar-refractivity contribution in [2.45, 2.75) is 31.8 Å². The summed E-state index contributed by atoms with van der Waals surface area (Å²) < 4.78 is 5.31. The molecular formula is C26H25ClN2O2. The van der Waals surface area contributed by atoms with Crippen LogP contribution in [0.15, 0.2) is 75.9 Å². The molecule has 3 aromatic carbocycles. The lowest BCUT2D eigenvalue weighted by molar-refractivity contribution is 0.168. The topological polar surface area (TPSA) is 45.5 Å². The van der Waals surface area contributed by atoms with E-state index in [0.29, 0.717) is 22.7 Å². The molecule has 1 fully saturated rings. The Balaban J connectivity index is 1.29. The van der Waals surface area contributed by atoms with Crippen LogP contribution in [0, 0.1) is 0 Å². The van der Waals surface area contributed by atoms with Gasteiger partial charge in [-0.3, -0.25) is 4.90 Å². The molecule has 0 saturated carbocycles. The molecule has 1 aliphatic heterocycles. The van der Waals surface area contributed by atoms with Gasteiger partial charge in [0, 0.05) is 41.6 Å². The van der Waals surface area contributed by atoms with E-state index in [1.54, 1.807) is 12.1 Å². The van der Waals surface area contributed by atoms with Gasteiger partial charge in [0.2, 0.25) is 0 Å². The van der Waals surface area contributed by atoms with Crippen molar-refractivity contribution in [2.24, 2.45) is 0 Å². The quantitative estimate of drug-likeness (QED) is 0.388. The normalized spacial score (nSPS) is 16.6. The molecule has 1 N–H and O–H groups in total. The van der Waals surface area contributed by atoms with Crippen molar-refractivity contribution >= 4 is 39.0 Å². The summed E-state index contributed by atoms with van der Waals surface area (Å²) in [5.74, 6) is 0. The van der Waals surface area contributed by atoms with Crippen molar-refractivity contribution in [3.63, 3.8) is 0 Å². The number of nitrogens with one attached hydrogen (secondary N) is 1. The van der Waals surface area contributed by atoms with Crippen molar-refractivity contribution in [1.82, 2.24) is 4.90 Å². The summed E-state index contributed by atoms with van der Waals surface area (Å²) in [6.45, 7) is 4.30. The van der Waals surface area contributed by atoms with Crippen molar-refractivity contribution in [3.05, 3.63) is 87.7 Å². The summed E-state index contributed by atoms with van der Waals surface area (Å²) in [4.78, 5) is 14.5. The molecule has 1 atom stereocenters. The predicted molar refractivity (Wildman–Crippen MR) is 128 cm³/mol. The van der Waals surface area contributed by atoms with E-state index in [4.69, 9.17) is 16.0 Å². The SMILES string of the molecule is C[C@H](c1ccc2ccccc2c1)N1CCC(Nc2cc(=O)oc3ccc(Cl)cc23)CC1. The summed E-state index contributed by atoms with van der Waals surface area (Å²) in [7, 11) is 0. The molecule has 1 aromatic heterocycles. The van der Waals surface area contributed by atoms with Gasteiger partial charge in [-0.15, -0.1) is 0 Å². The minimum absolute atomic E-state index is 0.309. The molecule has 0 bridgehead atoms. The van der Waals surface area contributed by atoms with Crippen LogP contribution in [-0.2, 0) is 0 Å². The van der Waals surface area contributed by atoms with E-state index < -0.39 is 0 Å². The van der Waals surface area contributed by atoms with Crippen LogP contribution in [0.5, 0.6) is 0 Å². The Kier molecular flexibility index (Phi) is 5.43. The van der Waals surface area contributed by atoms with Crippen LogP contribution in [0.4, 0.5) is 5.69 Å². The first-order valence-corrected chi connectivity index (χ1v) is 11.2. The molecule has 4 nitrogen and oxygen atoms in total. The Labute approximate surface area is 186 Å². The number of likely N-dealkylation sites (tertiary alicyclic amines) is 1. The number of hydrogen-bond acceptors (Lipinski definition) is 4. The van der Waals surface area contributed by atoms with Crippen LogP contribution in [0.1, 0.15) is 31.4 Å². The molecule has 0 aliphatic carbocycles. The zero-order valence-corrected chi connectivity index (χ0v) is 18.2. The van der Waals surface area contributed by atoms with E-state index in [-0.39, 0.29) is 5.63 Å². The fraction of sp³-hybridized carbons (Fsp3) is 0.269. The molecule has 5 heteroatoms. The summed E-state index contributed by atoms with van der Waals surface area (Å²) >= 11 is 6.17. The van der Waals surface area contributed by atoms with E-state index in [1.165, 1.54) is 22.4 Å². The number of nitrogens with zero attached hydrogens (tertiary/aromatic N) is 1. The lowest BCUT2D eigenvalue weighted by Gasteiger charge is -2.37. The highest BCUT2D eigenvalue weighted by atomic mass is 35.5. The molecule has 0 unspecified atom stereocenters. The third-order valence-electron chi connectivity index (χ3n) is 6.40. The van der Waals surface area contributed by atoms with Crippen LogP contribution in [-0.4, -0.2) is 24.0 Å². The minimum Gasteiger partial charge on any atom is -0.423 e. The lowest BCUT2D eigenvalue weighted by atomic mass is 9.98. The Hall–Kier alpha value is -2.82. The van der Waals surface area contributed by atoms with Gasteiger partial charge >= 0.3 is 5.63 Å². The predicted octanol–water partition coefficient (Wildman–Crippen LogP) is 6.24. The molecule has 0 amide bonds. The Bertz CT molecular complexity index is 1290. The van der Waals surface area contributed by atoms with Crippen molar-refractivity contribution < 1.29 is 4.42 Å². The third-order valence-corrected chi connectivity index (χ3v) is 6.63. The van der Waals surface area contributed by atoms with Gasteiger partial charge in [-0.25, -0.2) is 4.79 Å². The molecule has 0 spiro atoms. The first kappa shape index (κ1) is 20.1. The summed E-state index contributed by atoms with van der Waals surface area (Å²) in [6, 6.07) is 22.8. The fourth-order valence-electron chi connectivity index (χ4n) is 4.58. The number of anilines is 1. The first-order chi connectivity index (χ1) is 15.1. The number of piperidine rings is 1. The second-order valence-electron chi connectivity index (χ2n) is 8.36. The van der Waals surface area contributed by atoms with Crippen LogP contribution in [0.25, 0.3) is 21.7 Å². The highest BCUT2D eigenvalue weighted by Crippen LogP contribution is 2.30. The van der Waals surface area contributed by atoms with Gasteiger partial charge in [-0.05, 0) is 60.4 Å². The summed E-state index contributed by atoms with van der Waals surface area (Å²) in [5.41, 5.74) is 2.36. The maximum Gasteiger partial charge on any atom is 0.338 e. The molecule has 31 heavy (non-hydrogen) atoms. The average molecular weight is 433 g/mol. The highest BCUT2D eigenvalue weighted by Gasteiger charge is 2.24. The molecule has 1 saturated heterocycles. The number of hydrogen-bond donors (Lipinski definition) is 1. The first-order valence-electron chi connectivity index (χ1n) is 10.8. The smallest absolute Gasteiger partial charge is 0.338 e. The average Bonchev–Trinajstić information content (AvgIpc) is 2.79. The molecular weight excluding hydrogens is 408 g/mol.